The minimum absolute atomic E-state index is 0.232. The molecule has 0 aromatic carbocycles. The van der Waals surface area contributed by atoms with Gasteiger partial charge in [-0.15, -0.1) is 0 Å². The lowest BCUT2D eigenvalue weighted by Gasteiger charge is -2.16. The summed E-state index contributed by atoms with van der Waals surface area (Å²) in [5, 5.41) is 2.80. The largest absolute Gasteiger partial charge is 0.317 e. The first kappa shape index (κ1) is 11.9. The van der Waals surface area contributed by atoms with Crippen LogP contribution in [0.5, 0.6) is 0 Å². The second kappa shape index (κ2) is 4.82. The Morgan fingerprint density at radius 3 is 2.17 bits per heavy atom. The van der Waals surface area contributed by atoms with E-state index in [1.807, 2.05) is 14.0 Å². The Kier molecular flexibility index (Phi) is 4.78. The summed E-state index contributed by atoms with van der Waals surface area (Å²) in [4.78, 5) is 0. The van der Waals surface area contributed by atoms with E-state index >= 15 is 0 Å². The topological polar surface area (TPSA) is 46.2 Å². The molecule has 4 heteroatoms. The van der Waals surface area contributed by atoms with E-state index in [2.05, 4.69) is 5.32 Å². The van der Waals surface area contributed by atoms with E-state index in [-0.39, 0.29) is 17.0 Å². The Labute approximate surface area is 75.5 Å². The molecule has 0 rings (SSSR count). The van der Waals surface area contributed by atoms with Gasteiger partial charge < -0.3 is 5.32 Å². The highest BCUT2D eigenvalue weighted by atomic mass is 32.2. The SMILES string of the molecule is CCS(=O)(=O)C(C)CC(C)NC. The molecule has 0 spiro atoms. The minimum atomic E-state index is -2.84. The first-order valence-corrected chi connectivity index (χ1v) is 6.04. The molecule has 0 bridgehead atoms. The van der Waals surface area contributed by atoms with Gasteiger partial charge in [-0.1, -0.05) is 6.92 Å². The maximum atomic E-state index is 11.3. The van der Waals surface area contributed by atoms with Crippen molar-refractivity contribution in [2.24, 2.45) is 0 Å². The number of hydrogen-bond donors (Lipinski definition) is 1. The second-order valence-corrected chi connectivity index (χ2v) is 5.90. The Morgan fingerprint density at radius 1 is 1.33 bits per heavy atom. The zero-order valence-corrected chi connectivity index (χ0v) is 9.11. The molecule has 12 heavy (non-hydrogen) atoms. The molecular weight excluding hydrogens is 174 g/mol. The molecule has 0 saturated heterocycles. The van der Waals surface area contributed by atoms with E-state index in [1.165, 1.54) is 0 Å². The molecule has 0 aliphatic rings. The van der Waals surface area contributed by atoms with E-state index in [9.17, 15) is 8.42 Å². The van der Waals surface area contributed by atoms with Gasteiger partial charge in [-0.05, 0) is 27.3 Å². The summed E-state index contributed by atoms with van der Waals surface area (Å²) >= 11 is 0. The molecule has 3 nitrogen and oxygen atoms in total. The van der Waals surface area contributed by atoms with Crippen molar-refractivity contribution in [2.75, 3.05) is 12.8 Å². The van der Waals surface area contributed by atoms with Crippen molar-refractivity contribution in [3.8, 4) is 0 Å². The normalized spacial score (nSPS) is 17.3. The Bertz CT molecular complexity index is 211. The standard InChI is InChI=1S/C8H19NO2S/c1-5-12(10,11)8(3)6-7(2)9-4/h7-9H,5-6H2,1-4H3. The highest BCUT2D eigenvalue weighted by Gasteiger charge is 2.19. The summed E-state index contributed by atoms with van der Waals surface area (Å²) in [5.74, 6) is 0.241. The third kappa shape index (κ3) is 3.54. The quantitative estimate of drug-likeness (QED) is 0.703. The van der Waals surface area contributed by atoms with Crippen LogP contribution in [-0.2, 0) is 9.84 Å². The van der Waals surface area contributed by atoms with Crippen molar-refractivity contribution in [2.45, 2.75) is 38.5 Å². The van der Waals surface area contributed by atoms with Crippen molar-refractivity contribution in [3.63, 3.8) is 0 Å². The van der Waals surface area contributed by atoms with Crippen molar-refractivity contribution in [3.05, 3.63) is 0 Å². The molecule has 2 unspecified atom stereocenters. The molecule has 2 atom stereocenters. The van der Waals surface area contributed by atoms with Gasteiger partial charge in [0.2, 0.25) is 0 Å². The van der Waals surface area contributed by atoms with Crippen LogP contribution in [-0.4, -0.2) is 32.5 Å². The van der Waals surface area contributed by atoms with Gasteiger partial charge in [0.05, 0.1) is 5.25 Å². The van der Waals surface area contributed by atoms with Crippen molar-refractivity contribution < 1.29 is 8.42 Å². The molecule has 0 aromatic rings. The molecule has 0 fully saturated rings. The summed E-state index contributed by atoms with van der Waals surface area (Å²) in [6, 6.07) is 0.265. The third-order valence-corrected chi connectivity index (χ3v) is 4.42. The van der Waals surface area contributed by atoms with Crippen LogP contribution in [0, 0.1) is 0 Å². The lowest BCUT2D eigenvalue weighted by Crippen LogP contribution is -2.30. The summed E-state index contributed by atoms with van der Waals surface area (Å²) in [6.07, 6.45) is 0.687. The maximum absolute atomic E-state index is 11.3. The molecule has 74 valence electrons. The number of hydrogen-bond acceptors (Lipinski definition) is 3. The summed E-state index contributed by atoms with van der Waals surface area (Å²) in [7, 11) is -1.00. The van der Waals surface area contributed by atoms with E-state index in [1.54, 1.807) is 13.8 Å². The van der Waals surface area contributed by atoms with Crippen LogP contribution in [0.4, 0.5) is 0 Å². The van der Waals surface area contributed by atoms with Gasteiger partial charge in [0.15, 0.2) is 9.84 Å². The Hall–Kier alpha value is -0.0900. The molecule has 0 aromatic heterocycles. The van der Waals surface area contributed by atoms with Crippen LogP contribution in [0.2, 0.25) is 0 Å². The molecule has 0 heterocycles. The van der Waals surface area contributed by atoms with Crippen LogP contribution in [0.15, 0.2) is 0 Å². The average molecular weight is 193 g/mol. The average Bonchev–Trinajstić information content (AvgIpc) is 2.04. The maximum Gasteiger partial charge on any atom is 0.152 e. The second-order valence-electron chi connectivity index (χ2n) is 3.19. The third-order valence-electron chi connectivity index (χ3n) is 2.19. The van der Waals surface area contributed by atoms with Gasteiger partial charge in [0.25, 0.3) is 0 Å². The van der Waals surface area contributed by atoms with Crippen molar-refractivity contribution in [1.82, 2.24) is 5.32 Å². The monoisotopic (exact) mass is 193 g/mol. The van der Waals surface area contributed by atoms with E-state index in [4.69, 9.17) is 0 Å². The van der Waals surface area contributed by atoms with Gasteiger partial charge in [-0.25, -0.2) is 8.42 Å². The predicted octanol–water partition coefficient (Wildman–Crippen LogP) is 0.808. The van der Waals surface area contributed by atoms with Crippen LogP contribution >= 0.6 is 0 Å². The summed E-state index contributed by atoms with van der Waals surface area (Å²) < 4.78 is 22.6. The van der Waals surface area contributed by atoms with Crippen molar-refractivity contribution in [1.29, 1.82) is 0 Å². The number of rotatable bonds is 5. The van der Waals surface area contributed by atoms with Gasteiger partial charge in [0.1, 0.15) is 0 Å². The predicted molar refractivity (Wildman–Crippen MR) is 52.1 cm³/mol. The minimum Gasteiger partial charge on any atom is -0.317 e. The number of nitrogens with one attached hydrogen (secondary N) is 1. The first-order valence-electron chi connectivity index (χ1n) is 4.32. The molecule has 0 aliphatic carbocycles. The molecule has 0 aliphatic heterocycles. The zero-order valence-electron chi connectivity index (χ0n) is 8.29. The van der Waals surface area contributed by atoms with E-state index < -0.39 is 9.84 Å². The van der Waals surface area contributed by atoms with Crippen LogP contribution in [0.1, 0.15) is 27.2 Å². The molecule has 1 N–H and O–H groups in total. The van der Waals surface area contributed by atoms with Gasteiger partial charge >= 0.3 is 0 Å². The summed E-state index contributed by atoms with van der Waals surface area (Å²) in [6.45, 7) is 5.45. The summed E-state index contributed by atoms with van der Waals surface area (Å²) in [5.41, 5.74) is 0. The fraction of sp³-hybridized carbons (Fsp3) is 1.00. The van der Waals surface area contributed by atoms with Crippen LogP contribution in [0.25, 0.3) is 0 Å². The van der Waals surface area contributed by atoms with E-state index in [0.717, 1.165) is 0 Å². The molecule has 0 saturated carbocycles. The fourth-order valence-electron chi connectivity index (χ4n) is 1.05. The molecule has 0 amide bonds. The van der Waals surface area contributed by atoms with E-state index in [0.29, 0.717) is 6.42 Å². The lowest BCUT2D eigenvalue weighted by molar-refractivity contribution is 0.531. The Balaban J connectivity index is 4.13. The van der Waals surface area contributed by atoms with Gasteiger partial charge in [0, 0.05) is 11.8 Å². The Morgan fingerprint density at radius 2 is 1.83 bits per heavy atom. The molecule has 0 radical (unpaired) electrons. The van der Waals surface area contributed by atoms with Gasteiger partial charge in [-0.3, -0.25) is 0 Å². The highest BCUT2D eigenvalue weighted by Crippen LogP contribution is 2.08. The first-order chi connectivity index (χ1) is 5.44. The smallest absolute Gasteiger partial charge is 0.152 e. The highest BCUT2D eigenvalue weighted by molar-refractivity contribution is 7.91. The van der Waals surface area contributed by atoms with Crippen LogP contribution < -0.4 is 5.32 Å². The van der Waals surface area contributed by atoms with Crippen LogP contribution in [0.3, 0.4) is 0 Å². The van der Waals surface area contributed by atoms with Gasteiger partial charge in [-0.2, -0.15) is 0 Å². The zero-order chi connectivity index (χ0) is 9.78. The van der Waals surface area contributed by atoms with Crippen molar-refractivity contribution >= 4 is 9.84 Å². The molecular formula is C8H19NO2S. The lowest BCUT2D eigenvalue weighted by atomic mass is 10.2. The fourth-order valence-corrected chi connectivity index (χ4v) is 2.20. The number of sulfone groups is 1.